The van der Waals surface area contributed by atoms with Crippen LogP contribution in [-0.2, 0) is 13.2 Å². The molecule has 4 heteroatoms. The molecule has 2 N–H and O–H groups in total. The first kappa shape index (κ1) is 17.8. The summed E-state index contributed by atoms with van der Waals surface area (Å²) in [4.78, 5) is 2.43. The van der Waals surface area contributed by atoms with Gasteiger partial charge >= 0.3 is 0 Å². The topological polar surface area (TPSA) is 38.5 Å². The van der Waals surface area contributed by atoms with Crippen LogP contribution in [0.2, 0.25) is 0 Å². The molecule has 0 aromatic heterocycles. The van der Waals surface area contributed by atoms with Crippen LogP contribution in [0, 0.1) is 0 Å². The van der Waals surface area contributed by atoms with Crippen LogP contribution < -0.4 is 10.5 Å². The van der Waals surface area contributed by atoms with E-state index in [2.05, 4.69) is 35.2 Å². The highest BCUT2D eigenvalue weighted by atomic mass is 35.5. The van der Waals surface area contributed by atoms with Crippen molar-refractivity contribution in [2.45, 2.75) is 32.0 Å². The molecule has 0 amide bonds. The van der Waals surface area contributed by atoms with E-state index < -0.39 is 0 Å². The number of halogens is 1. The number of nitrogens with two attached hydrogens (primary N) is 1. The number of ether oxygens (including phenoxy) is 1. The van der Waals surface area contributed by atoms with Crippen LogP contribution in [-0.4, -0.2) is 24.0 Å². The van der Waals surface area contributed by atoms with Crippen molar-refractivity contribution in [1.82, 2.24) is 4.90 Å². The van der Waals surface area contributed by atoms with Gasteiger partial charge in [0.05, 0.1) is 0 Å². The SMILES string of the molecule is Cl.NC1CCCN(Cc2cccc(OCc3ccccc3)c2)C1. The van der Waals surface area contributed by atoms with Gasteiger partial charge in [0.1, 0.15) is 12.4 Å². The summed E-state index contributed by atoms with van der Waals surface area (Å²) in [6, 6.07) is 19.0. The van der Waals surface area contributed by atoms with Crippen LogP contribution in [0.1, 0.15) is 24.0 Å². The normalized spacial score (nSPS) is 18.2. The van der Waals surface area contributed by atoms with Gasteiger partial charge in [0.2, 0.25) is 0 Å². The van der Waals surface area contributed by atoms with Gasteiger partial charge in [-0.3, -0.25) is 4.90 Å². The standard InChI is InChI=1S/C19H24N2O.ClH/c20-18-9-5-11-21(14-18)13-17-8-4-10-19(12-17)22-15-16-6-2-1-3-7-16;/h1-4,6-8,10,12,18H,5,9,11,13-15,20H2;1H. The van der Waals surface area contributed by atoms with Crippen LogP contribution in [0.25, 0.3) is 0 Å². The summed E-state index contributed by atoms with van der Waals surface area (Å²) < 4.78 is 5.90. The van der Waals surface area contributed by atoms with E-state index in [0.717, 1.165) is 31.8 Å². The van der Waals surface area contributed by atoms with E-state index in [-0.39, 0.29) is 12.4 Å². The Bertz CT molecular complexity index is 591. The monoisotopic (exact) mass is 332 g/mol. The fraction of sp³-hybridized carbons (Fsp3) is 0.368. The molecule has 1 heterocycles. The molecule has 0 bridgehead atoms. The minimum atomic E-state index is 0. The van der Waals surface area contributed by atoms with Crippen molar-refractivity contribution in [2.75, 3.05) is 13.1 Å². The highest BCUT2D eigenvalue weighted by Crippen LogP contribution is 2.18. The third-order valence-electron chi connectivity index (χ3n) is 4.09. The summed E-state index contributed by atoms with van der Waals surface area (Å²) in [6.45, 7) is 3.70. The minimum Gasteiger partial charge on any atom is -0.489 e. The van der Waals surface area contributed by atoms with Crippen molar-refractivity contribution in [3.05, 3.63) is 65.7 Å². The predicted octanol–water partition coefficient (Wildman–Crippen LogP) is 3.61. The number of rotatable bonds is 5. The summed E-state index contributed by atoms with van der Waals surface area (Å²) in [6.07, 6.45) is 2.35. The number of nitrogens with zero attached hydrogens (tertiary/aromatic N) is 1. The minimum absolute atomic E-state index is 0. The lowest BCUT2D eigenvalue weighted by Crippen LogP contribution is -2.42. The van der Waals surface area contributed by atoms with E-state index in [1.54, 1.807) is 0 Å². The third kappa shape index (κ3) is 5.54. The second kappa shape index (κ2) is 8.92. The first-order valence-corrected chi connectivity index (χ1v) is 8.03. The van der Waals surface area contributed by atoms with Crippen molar-refractivity contribution in [3.8, 4) is 5.75 Å². The number of piperidine rings is 1. The molecule has 23 heavy (non-hydrogen) atoms. The Morgan fingerprint density at radius 2 is 1.83 bits per heavy atom. The van der Waals surface area contributed by atoms with Gasteiger partial charge in [0.25, 0.3) is 0 Å². The fourth-order valence-corrected chi connectivity index (χ4v) is 2.97. The van der Waals surface area contributed by atoms with Crippen LogP contribution in [0.5, 0.6) is 5.75 Å². The van der Waals surface area contributed by atoms with Crippen LogP contribution in [0.4, 0.5) is 0 Å². The van der Waals surface area contributed by atoms with Gasteiger partial charge in [0, 0.05) is 19.1 Å². The fourth-order valence-electron chi connectivity index (χ4n) is 2.97. The largest absolute Gasteiger partial charge is 0.489 e. The summed E-state index contributed by atoms with van der Waals surface area (Å²) in [7, 11) is 0. The maximum absolute atomic E-state index is 6.05. The van der Waals surface area contributed by atoms with Gasteiger partial charge in [0.15, 0.2) is 0 Å². The average Bonchev–Trinajstić information content (AvgIpc) is 2.54. The van der Waals surface area contributed by atoms with Gasteiger partial charge in [-0.15, -0.1) is 12.4 Å². The number of likely N-dealkylation sites (tertiary alicyclic amines) is 1. The first-order valence-electron chi connectivity index (χ1n) is 8.03. The lowest BCUT2D eigenvalue weighted by Gasteiger charge is -2.30. The van der Waals surface area contributed by atoms with E-state index in [1.165, 1.54) is 17.5 Å². The van der Waals surface area contributed by atoms with Gasteiger partial charge in [-0.2, -0.15) is 0 Å². The van der Waals surface area contributed by atoms with Crippen LogP contribution in [0.3, 0.4) is 0 Å². The predicted molar refractivity (Wildman–Crippen MR) is 97.0 cm³/mol. The van der Waals surface area contributed by atoms with Crippen molar-refractivity contribution in [1.29, 1.82) is 0 Å². The molecule has 0 radical (unpaired) electrons. The zero-order valence-electron chi connectivity index (χ0n) is 13.4. The molecule has 1 fully saturated rings. The smallest absolute Gasteiger partial charge is 0.120 e. The van der Waals surface area contributed by atoms with Crippen molar-refractivity contribution in [3.63, 3.8) is 0 Å². The van der Waals surface area contributed by atoms with E-state index in [0.29, 0.717) is 12.6 Å². The highest BCUT2D eigenvalue weighted by molar-refractivity contribution is 5.85. The number of hydrogen-bond acceptors (Lipinski definition) is 3. The molecule has 0 spiro atoms. The average molecular weight is 333 g/mol. The van der Waals surface area contributed by atoms with Crippen molar-refractivity contribution in [2.24, 2.45) is 5.73 Å². The molecule has 1 saturated heterocycles. The summed E-state index contributed by atoms with van der Waals surface area (Å²) in [5.41, 5.74) is 8.54. The van der Waals surface area contributed by atoms with Crippen molar-refractivity contribution < 1.29 is 4.74 Å². The lowest BCUT2D eigenvalue weighted by molar-refractivity contribution is 0.201. The number of benzene rings is 2. The molecule has 1 unspecified atom stereocenters. The van der Waals surface area contributed by atoms with Gasteiger partial charge < -0.3 is 10.5 Å². The summed E-state index contributed by atoms with van der Waals surface area (Å²) in [5.74, 6) is 0.933. The second-order valence-electron chi connectivity index (χ2n) is 6.06. The zero-order valence-corrected chi connectivity index (χ0v) is 14.2. The Morgan fingerprint density at radius 1 is 1.04 bits per heavy atom. The lowest BCUT2D eigenvalue weighted by atomic mass is 10.1. The summed E-state index contributed by atoms with van der Waals surface area (Å²) >= 11 is 0. The molecule has 124 valence electrons. The number of hydrogen-bond donors (Lipinski definition) is 1. The van der Waals surface area contributed by atoms with Crippen molar-refractivity contribution >= 4 is 12.4 Å². The molecule has 2 aromatic rings. The molecule has 0 saturated carbocycles. The highest BCUT2D eigenvalue weighted by Gasteiger charge is 2.16. The zero-order chi connectivity index (χ0) is 15.2. The van der Waals surface area contributed by atoms with Gasteiger partial charge in [-0.25, -0.2) is 0 Å². The van der Waals surface area contributed by atoms with Gasteiger partial charge in [-0.05, 0) is 42.6 Å². The molecular formula is C19H25ClN2O. The third-order valence-corrected chi connectivity index (χ3v) is 4.09. The molecular weight excluding hydrogens is 308 g/mol. The van der Waals surface area contributed by atoms with E-state index in [9.17, 15) is 0 Å². The maximum Gasteiger partial charge on any atom is 0.120 e. The Hall–Kier alpha value is -1.55. The maximum atomic E-state index is 6.05. The summed E-state index contributed by atoms with van der Waals surface area (Å²) in [5, 5.41) is 0. The molecule has 3 rings (SSSR count). The van der Waals surface area contributed by atoms with E-state index in [1.807, 2.05) is 24.3 Å². The van der Waals surface area contributed by atoms with Crippen LogP contribution in [0.15, 0.2) is 54.6 Å². The Kier molecular flexibility index (Phi) is 6.90. The quantitative estimate of drug-likeness (QED) is 0.909. The van der Waals surface area contributed by atoms with Gasteiger partial charge in [-0.1, -0.05) is 42.5 Å². The molecule has 1 aliphatic heterocycles. The molecule has 2 aromatic carbocycles. The molecule has 3 nitrogen and oxygen atoms in total. The Labute approximate surface area is 144 Å². The first-order chi connectivity index (χ1) is 10.8. The van der Waals surface area contributed by atoms with Crippen LogP contribution >= 0.6 is 12.4 Å². The van der Waals surface area contributed by atoms with E-state index in [4.69, 9.17) is 10.5 Å². The second-order valence-corrected chi connectivity index (χ2v) is 6.06. The molecule has 0 aliphatic carbocycles. The Morgan fingerprint density at radius 3 is 2.61 bits per heavy atom. The Balaban J connectivity index is 0.00000192. The molecule has 1 atom stereocenters. The van der Waals surface area contributed by atoms with E-state index >= 15 is 0 Å². The molecule has 1 aliphatic rings.